The number of benzene rings is 1. The summed E-state index contributed by atoms with van der Waals surface area (Å²) in [6.45, 7) is 0. The number of halogens is 5. The highest BCUT2D eigenvalue weighted by molar-refractivity contribution is 7.98. The van der Waals surface area contributed by atoms with Gasteiger partial charge in [-0.3, -0.25) is 0 Å². The molecule has 1 rings (SSSR count). The van der Waals surface area contributed by atoms with Crippen LogP contribution in [0.5, 0.6) is 0 Å². The molecule has 0 unspecified atom stereocenters. The van der Waals surface area contributed by atoms with Crippen LogP contribution in [0.4, 0.5) is 0 Å². The third-order valence-electron chi connectivity index (χ3n) is 1.64. The van der Waals surface area contributed by atoms with Crippen LogP contribution in [-0.2, 0) is 5.75 Å². The molecule has 1 nitrogen and oxygen atoms in total. The second kappa shape index (κ2) is 6.06. The van der Waals surface area contributed by atoms with Crippen LogP contribution in [0, 0.1) is 0 Å². The molecule has 0 heterocycles. The molecular formula is C8H5Cl5OS. The van der Waals surface area contributed by atoms with E-state index in [-0.39, 0.29) is 31.1 Å². The van der Waals surface area contributed by atoms with Gasteiger partial charge in [0, 0.05) is 11.3 Å². The molecule has 0 aliphatic carbocycles. The van der Waals surface area contributed by atoms with Crippen molar-refractivity contribution in [1.29, 1.82) is 0 Å². The van der Waals surface area contributed by atoms with Crippen molar-refractivity contribution >= 4 is 69.8 Å². The van der Waals surface area contributed by atoms with E-state index in [1.165, 1.54) is 11.8 Å². The molecule has 0 spiro atoms. The predicted octanol–water partition coefficient (Wildman–Crippen LogP) is 5.14. The Hall–Kier alpha value is 0.980. The molecule has 0 atom stereocenters. The Bertz CT molecular complexity index is 353. The molecule has 7 heteroatoms. The summed E-state index contributed by atoms with van der Waals surface area (Å²) in [5.41, 5.74) is 0.580. The average Bonchev–Trinajstić information content (AvgIpc) is 2.24. The minimum absolute atomic E-state index is 0.0372. The van der Waals surface area contributed by atoms with Crippen LogP contribution in [-0.4, -0.2) is 11.0 Å². The van der Waals surface area contributed by atoms with Gasteiger partial charge in [-0.1, -0.05) is 58.0 Å². The molecule has 0 saturated carbocycles. The molecule has 1 N–H and O–H groups in total. The summed E-state index contributed by atoms with van der Waals surface area (Å²) in [5, 5.41) is 9.75. The topological polar surface area (TPSA) is 20.2 Å². The Balaban J connectivity index is 3.26. The van der Waals surface area contributed by atoms with Crippen LogP contribution in [0.15, 0.2) is 0 Å². The first-order valence-corrected chi connectivity index (χ1v) is 6.74. The maximum absolute atomic E-state index is 8.69. The molecule has 0 aliphatic heterocycles. The lowest BCUT2D eigenvalue weighted by Crippen LogP contribution is -1.90. The van der Waals surface area contributed by atoms with Crippen molar-refractivity contribution in [1.82, 2.24) is 0 Å². The monoisotopic (exact) mass is 324 g/mol. The normalized spacial score (nSPS) is 10.8. The molecule has 84 valence electrons. The Morgan fingerprint density at radius 1 is 0.800 bits per heavy atom. The van der Waals surface area contributed by atoms with Crippen LogP contribution in [0.25, 0.3) is 0 Å². The van der Waals surface area contributed by atoms with Crippen molar-refractivity contribution in [3.8, 4) is 0 Å². The summed E-state index contributed by atoms with van der Waals surface area (Å²) >= 11 is 30.7. The first-order valence-electron chi connectivity index (χ1n) is 3.69. The highest BCUT2D eigenvalue weighted by Crippen LogP contribution is 2.44. The van der Waals surface area contributed by atoms with Gasteiger partial charge in [-0.2, -0.15) is 0 Å². The fraction of sp³-hybridized carbons (Fsp3) is 0.250. The van der Waals surface area contributed by atoms with Gasteiger partial charge in [-0.25, -0.2) is 0 Å². The van der Waals surface area contributed by atoms with Gasteiger partial charge in [0.05, 0.1) is 31.1 Å². The van der Waals surface area contributed by atoms with Crippen molar-refractivity contribution in [3.63, 3.8) is 0 Å². The first-order chi connectivity index (χ1) is 7.00. The molecule has 0 amide bonds. The van der Waals surface area contributed by atoms with Gasteiger partial charge in [0.2, 0.25) is 0 Å². The molecule has 0 radical (unpaired) electrons. The minimum Gasteiger partial charge on any atom is -0.386 e. The third-order valence-corrected chi connectivity index (χ3v) is 4.67. The van der Waals surface area contributed by atoms with E-state index < -0.39 is 0 Å². The lowest BCUT2D eigenvalue weighted by molar-refractivity contribution is 0.375. The van der Waals surface area contributed by atoms with Crippen molar-refractivity contribution in [3.05, 3.63) is 30.7 Å². The van der Waals surface area contributed by atoms with E-state index in [1.54, 1.807) is 0 Å². The summed E-state index contributed by atoms with van der Waals surface area (Å²) in [6, 6.07) is 0. The van der Waals surface area contributed by atoms with Crippen molar-refractivity contribution in [2.75, 3.05) is 5.94 Å². The molecule has 15 heavy (non-hydrogen) atoms. The van der Waals surface area contributed by atoms with Gasteiger partial charge in [0.25, 0.3) is 0 Å². The number of aliphatic hydroxyl groups excluding tert-OH is 1. The zero-order valence-electron chi connectivity index (χ0n) is 7.16. The molecule has 1 aromatic rings. The molecule has 1 aromatic carbocycles. The highest BCUT2D eigenvalue weighted by Gasteiger charge is 2.18. The quantitative estimate of drug-likeness (QED) is 0.472. The molecule has 0 aromatic heterocycles. The standard InChI is InChI=1S/C8H5Cl5OS/c9-4-3(1-15-2-14)5(10)7(12)8(13)6(4)11/h14H,1-2H2. The Morgan fingerprint density at radius 2 is 1.20 bits per heavy atom. The SMILES string of the molecule is OCSCc1c(Cl)c(Cl)c(Cl)c(Cl)c1Cl. The summed E-state index contributed by atoms with van der Waals surface area (Å²) in [7, 11) is 0. The lowest BCUT2D eigenvalue weighted by Gasteiger charge is -2.11. The van der Waals surface area contributed by atoms with E-state index >= 15 is 0 Å². The summed E-state index contributed by atoms with van der Waals surface area (Å²) in [5.74, 6) is 0.384. The first kappa shape index (κ1) is 14.0. The van der Waals surface area contributed by atoms with Gasteiger partial charge in [-0.15, -0.1) is 11.8 Å². The fourth-order valence-electron chi connectivity index (χ4n) is 0.925. The fourth-order valence-corrected chi connectivity index (χ4v) is 2.98. The van der Waals surface area contributed by atoms with E-state index in [1.807, 2.05) is 0 Å². The van der Waals surface area contributed by atoms with Gasteiger partial charge >= 0.3 is 0 Å². The van der Waals surface area contributed by atoms with Crippen LogP contribution in [0.1, 0.15) is 5.56 Å². The van der Waals surface area contributed by atoms with E-state index in [4.69, 9.17) is 63.1 Å². The molecule has 0 bridgehead atoms. The number of rotatable bonds is 3. The van der Waals surface area contributed by atoms with Crippen LogP contribution < -0.4 is 0 Å². The summed E-state index contributed by atoms with van der Waals surface area (Å²) < 4.78 is 0. The zero-order valence-corrected chi connectivity index (χ0v) is 11.8. The van der Waals surface area contributed by atoms with Gasteiger partial charge in [-0.05, 0) is 0 Å². The number of aliphatic hydroxyl groups is 1. The maximum atomic E-state index is 8.69. The van der Waals surface area contributed by atoms with Crippen LogP contribution in [0.2, 0.25) is 25.1 Å². The minimum atomic E-state index is -0.0372. The Morgan fingerprint density at radius 3 is 1.60 bits per heavy atom. The van der Waals surface area contributed by atoms with Crippen LogP contribution >= 0.6 is 69.8 Å². The van der Waals surface area contributed by atoms with Crippen molar-refractivity contribution < 1.29 is 5.11 Å². The predicted molar refractivity (Wildman–Crippen MR) is 69.9 cm³/mol. The summed E-state index contributed by atoms with van der Waals surface area (Å²) in [6.07, 6.45) is 0. The Kier molecular flexibility index (Phi) is 5.67. The molecular weight excluding hydrogens is 321 g/mol. The number of hydrogen-bond donors (Lipinski definition) is 1. The average molecular weight is 326 g/mol. The van der Waals surface area contributed by atoms with E-state index in [2.05, 4.69) is 0 Å². The van der Waals surface area contributed by atoms with E-state index in [9.17, 15) is 0 Å². The second-order valence-electron chi connectivity index (χ2n) is 2.53. The zero-order chi connectivity index (χ0) is 11.6. The Labute approximate surface area is 117 Å². The van der Waals surface area contributed by atoms with Gasteiger partial charge in [0.1, 0.15) is 0 Å². The molecule has 0 saturated heterocycles. The van der Waals surface area contributed by atoms with E-state index in [0.717, 1.165) is 0 Å². The van der Waals surface area contributed by atoms with Crippen molar-refractivity contribution in [2.45, 2.75) is 5.75 Å². The van der Waals surface area contributed by atoms with Crippen molar-refractivity contribution in [2.24, 2.45) is 0 Å². The van der Waals surface area contributed by atoms with Crippen LogP contribution in [0.3, 0.4) is 0 Å². The third kappa shape index (κ3) is 3.01. The number of thioether (sulfide) groups is 1. The van der Waals surface area contributed by atoms with Gasteiger partial charge in [0.15, 0.2) is 0 Å². The largest absolute Gasteiger partial charge is 0.386 e. The van der Waals surface area contributed by atoms with E-state index in [0.29, 0.717) is 11.3 Å². The maximum Gasteiger partial charge on any atom is 0.0889 e. The van der Waals surface area contributed by atoms with Gasteiger partial charge < -0.3 is 5.11 Å². The molecule has 0 aliphatic rings. The second-order valence-corrected chi connectivity index (χ2v) is 5.37. The molecule has 0 fully saturated rings. The highest BCUT2D eigenvalue weighted by atomic mass is 35.5. The number of hydrogen-bond acceptors (Lipinski definition) is 2. The lowest BCUT2D eigenvalue weighted by atomic mass is 10.2. The summed E-state index contributed by atoms with van der Waals surface area (Å²) in [4.78, 5) is 0. The smallest absolute Gasteiger partial charge is 0.0889 e.